The maximum atomic E-state index is 11.9. The van der Waals surface area contributed by atoms with Crippen molar-refractivity contribution in [1.29, 1.82) is 0 Å². The molecular weight excluding hydrogens is 308 g/mol. The fourth-order valence-corrected chi connectivity index (χ4v) is 2.08. The summed E-state index contributed by atoms with van der Waals surface area (Å²) in [4.78, 5) is 0. The molecule has 7 heteroatoms. The highest BCUT2D eigenvalue weighted by molar-refractivity contribution is 9.08. The molecule has 0 radical (unpaired) electrons. The Balaban J connectivity index is 2.68. The molecule has 0 saturated heterocycles. The van der Waals surface area contributed by atoms with Crippen LogP contribution < -0.4 is 0 Å². The summed E-state index contributed by atoms with van der Waals surface area (Å²) in [7, 11) is 0. The molecule has 0 aliphatic rings. The van der Waals surface area contributed by atoms with Gasteiger partial charge in [-0.25, -0.2) is 8.78 Å². The van der Waals surface area contributed by atoms with Gasteiger partial charge in [-0.15, -0.1) is 10.2 Å². The van der Waals surface area contributed by atoms with Crippen molar-refractivity contribution in [3.05, 3.63) is 11.6 Å². The molecule has 0 saturated carbocycles. The van der Waals surface area contributed by atoms with Crippen molar-refractivity contribution in [2.75, 3.05) is 13.2 Å². The Morgan fingerprint density at radius 2 is 1.89 bits per heavy atom. The largest absolute Gasteiger partial charge is 0.375 e. The van der Waals surface area contributed by atoms with E-state index in [2.05, 4.69) is 26.1 Å². The standard InChI is InChI=1S/C11H18BrF2N3O/c1-11(2,3)17-9(15-16-10(17)6-12)4-5-18-7-8(13)14/h8H,4-7H2,1-3H3. The summed E-state index contributed by atoms with van der Waals surface area (Å²) in [5.74, 6) is 1.58. The molecule has 0 bridgehead atoms. The van der Waals surface area contributed by atoms with Crippen LogP contribution in [0.1, 0.15) is 32.4 Å². The first-order valence-electron chi connectivity index (χ1n) is 5.71. The molecule has 0 N–H and O–H groups in total. The Kier molecular flexibility index (Phi) is 5.65. The molecule has 0 atom stereocenters. The summed E-state index contributed by atoms with van der Waals surface area (Å²) in [5.41, 5.74) is -0.148. The number of aromatic nitrogens is 3. The van der Waals surface area contributed by atoms with E-state index in [0.29, 0.717) is 11.8 Å². The Labute approximate surface area is 114 Å². The predicted molar refractivity (Wildman–Crippen MR) is 68.2 cm³/mol. The van der Waals surface area contributed by atoms with Crippen molar-refractivity contribution in [2.45, 2.75) is 44.5 Å². The first-order valence-corrected chi connectivity index (χ1v) is 6.84. The predicted octanol–water partition coefficient (Wildman–Crippen LogP) is 2.75. The van der Waals surface area contributed by atoms with Crippen molar-refractivity contribution in [3.63, 3.8) is 0 Å². The van der Waals surface area contributed by atoms with Crippen LogP contribution in [0.15, 0.2) is 0 Å². The molecule has 1 aromatic heterocycles. The number of hydrogen-bond donors (Lipinski definition) is 0. The fourth-order valence-electron chi connectivity index (χ4n) is 1.71. The quantitative estimate of drug-likeness (QED) is 0.596. The fraction of sp³-hybridized carbons (Fsp3) is 0.818. The summed E-state index contributed by atoms with van der Waals surface area (Å²) in [6.07, 6.45) is -1.95. The summed E-state index contributed by atoms with van der Waals surface area (Å²) < 4.78 is 30.7. The second-order valence-electron chi connectivity index (χ2n) is 4.89. The lowest BCUT2D eigenvalue weighted by atomic mass is 10.1. The Morgan fingerprint density at radius 3 is 2.39 bits per heavy atom. The van der Waals surface area contributed by atoms with Gasteiger partial charge in [0.25, 0.3) is 6.43 Å². The van der Waals surface area contributed by atoms with Gasteiger partial charge >= 0.3 is 0 Å². The third kappa shape index (κ3) is 4.28. The SMILES string of the molecule is CC(C)(C)n1c(CBr)nnc1CCOCC(F)F. The van der Waals surface area contributed by atoms with Crippen molar-refractivity contribution >= 4 is 15.9 Å². The van der Waals surface area contributed by atoms with Gasteiger partial charge in [-0.1, -0.05) is 15.9 Å². The lowest BCUT2D eigenvalue weighted by molar-refractivity contribution is 0.0179. The van der Waals surface area contributed by atoms with E-state index in [-0.39, 0.29) is 12.1 Å². The van der Waals surface area contributed by atoms with Gasteiger partial charge in [0.2, 0.25) is 0 Å². The van der Waals surface area contributed by atoms with Gasteiger partial charge in [0.1, 0.15) is 18.3 Å². The smallest absolute Gasteiger partial charge is 0.261 e. The third-order valence-corrected chi connectivity index (χ3v) is 2.80. The lowest BCUT2D eigenvalue weighted by Gasteiger charge is -2.24. The zero-order valence-corrected chi connectivity index (χ0v) is 12.4. The van der Waals surface area contributed by atoms with Gasteiger partial charge in [0.05, 0.1) is 11.9 Å². The summed E-state index contributed by atoms with van der Waals surface area (Å²) in [6.45, 7) is 5.83. The first kappa shape index (κ1) is 15.5. The summed E-state index contributed by atoms with van der Waals surface area (Å²) >= 11 is 3.36. The molecule has 0 aromatic carbocycles. The van der Waals surface area contributed by atoms with E-state index in [4.69, 9.17) is 4.74 Å². The van der Waals surface area contributed by atoms with E-state index < -0.39 is 13.0 Å². The molecule has 104 valence electrons. The van der Waals surface area contributed by atoms with Crippen LogP contribution >= 0.6 is 15.9 Å². The minimum atomic E-state index is -2.43. The minimum Gasteiger partial charge on any atom is -0.375 e. The van der Waals surface area contributed by atoms with Crippen LogP contribution in [0.2, 0.25) is 0 Å². The molecule has 1 rings (SSSR count). The average molecular weight is 326 g/mol. The van der Waals surface area contributed by atoms with E-state index in [1.165, 1.54) is 0 Å². The molecule has 0 aliphatic carbocycles. The van der Waals surface area contributed by atoms with Gasteiger partial charge in [-0.2, -0.15) is 0 Å². The zero-order chi connectivity index (χ0) is 13.8. The Bertz CT molecular complexity index is 377. The highest BCUT2D eigenvalue weighted by atomic mass is 79.9. The highest BCUT2D eigenvalue weighted by Crippen LogP contribution is 2.20. The van der Waals surface area contributed by atoms with Crippen LogP contribution in [0.3, 0.4) is 0 Å². The maximum Gasteiger partial charge on any atom is 0.261 e. The van der Waals surface area contributed by atoms with Crippen molar-refractivity contribution in [1.82, 2.24) is 14.8 Å². The average Bonchev–Trinajstić information content (AvgIpc) is 2.66. The number of rotatable bonds is 6. The van der Waals surface area contributed by atoms with Gasteiger partial charge in [0.15, 0.2) is 0 Å². The second-order valence-corrected chi connectivity index (χ2v) is 5.45. The van der Waals surface area contributed by atoms with Crippen LogP contribution in [0.4, 0.5) is 8.78 Å². The molecule has 18 heavy (non-hydrogen) atoms. The highest BCUT2D eigenvalue weighted by Gasteiger charge is 2.22. The number of nitrogens with zero attached hydrogens (tertiary/aromatic N) is 3. The van der Waals surface area contributed by atoms with E-state index >= 15 is 0 Å². The van der Waals surface area contributed by atoms with Crippen LogP contribution in [0.5, 0.6) is 0 Å². The van der Waals surface area contributed by atoms with Gasteiger partial charge < -0.3 is 9.30 Å². The molecule has 1 heterocycles. The molecule has 0 amide bonds. The Hall–Kier alpha value is -0.560. The monoisotopic (exact) mass is 325 g/mol. The third-order valence-electron chi connectivity index (χ3n) is 2.30. The van der Waals surface area contributed by atoms with Crippen LogP contribution in [-0.4, -0.2) is 34.4 Å². The van der Waals surface area contributed by atoms with Gasteiger partial charge in [0, 0.05) is 12.0 Å². The van der Waals surface area contributed by atoms with Crippen molar-refractivity contribution in [3.8, 4) is 0 Å². The molecule has 0 unspecified atom stereocenters. The lowest BCUT2D eigenvalue weighted by Crippen LogP contribution is -2.26. The van der Waals surface area contributed by atoms with Gasteiger partial charge in [-0.3, -0.25) is 0 Å². The molecule has 4 nitrogen and oxygen atoms in total. The normalized spacial score (nSPS) is 12.4. The number of ether oxygens (including phenoxy) is 1. The maximum absolute atomic E-state index is 11.9. The summed E-state index contributed by atoms with van der Waals surface area (Å²) in [6, 6.07) is 0. The van der Waals surface area contributed by atoms with E-state index in [1.54, 1.807) is 0 Å². The molecule has 1 aromatic rings. The number of alkyl halides is 3. The molecule has 0 spiro atoms. The Morgan fingerprint density at radius 1 is 1.28 bits per heavy atom. The van der Waals surface area contributed by atoms with E-state index in [9.17, 15) is 8.78 Å². The van der Waals surface area contributed by atoms with E-state index in [0.717, 1.165) is 11.6 Å². The molecule has 0 fully saturated rings. The van der Waals surface area contributed by atoms with E-state index in [1.807, 2.05) is 25.3 Å². The topological polar surface area (TPSA) is 39.9 Å². The van der Waals surface area contributed by atoms with Crippen LogP contribution in [0.25, 0.3) is 0 Å². The van der Waals surface area contributed by atoms with Crippen molar-refractivity contribution in [2.24, 2.45) is 0 Å². The number of halogens is 3. The first-order chi connectivity index (χ1) is 8.36. The van der Waals surface area contributed by atoms with Crippen molar-refractivity contribution < 1.29 is 13.5 Å². The second kappa shape index (κ2) is 6.56. The molecule has 0 aliphatic heterocycles. The van der Waals surface area contributed by atoms with Gasteiger partial charge in [-0.05, 0) is 20.8 Å². The van der Waals surface area contributed by atoms with Crippen LogP contribution in [0, 0.1) is 0 Å². The zero-order valence-electron chi connectivity index (χ0n) is 10.8. The minimum absolute atomic E-state index is 0.148. The van der Waals surface area contributed by atoms with Crippen LogP contribution in [-0.2, 0) is 22.0 Å². The number of hydrogen-bond acceptors (Lipinski definition) is 3. The molecular formula is C11H18BrF2N3O. The summed E-state index contributed by atoms with van der Waals surface area (Å²) in [5, 5.41) is 8.77.